The summed E-state index contributed by atoms with van der Waals surface area (Å²) in [7, 11) is 0. The molecule has 0 aromatic carbocycles. The number of nitrogens with zero attached hydrogens (tertiary/aromatic N) is 3. The smallest absolute Gasteiger partial charge is 0.239 e. The largest absolute Gasteiger partial charge is 0.370 e. The van der Waals surface area contributed by atoms with Gasteiger partial charge in [0, 0.05) is 36.8 Å². The molecule has 1 spiro atoms. The highest BCUT2D eigenvalue weighted by molar-refractivity contribution is 7.15. The summed E-state index contributed by atoms with van der Waals surface area (Å²) >= 11 is 1.79. The molecule has 1 fully saturated rings. The zero-order chi connectivity index (χ0) is 19.7. The summed E-state index contributed by atoms with van der Waals surface area (Å²) in [5.41, 5.74) is 8.03. The molecule has 0 bridgehead atoms. The molecule has 7 heteroatoms. The van der Waals surface area contributed by atoms with Crippen LogP contribution in [0, 0.1) is 5.92 Å². The normalized spacial score (nSPS) is 19.6. The standard InChI is InChI=1S/C21H28N4O2S/c1-14(2)11-16(22)20(26)25-8-4-21(5-9-25)15-12-19(17-13-23-6-7-24-17)28-18(15)3-10-27-21/h6-7,12-14,16H,3-5,8-11,22H2,1-2H3/t16-/m0/s1. The second-order valence-electron chi connectivity index (χ2n) is 8.19. The van der Waals surface area contributed by atoms with Gasteiger partial charge >= 0.3 is 0 Å². The Labute approximate surface area is 170 Å². The lowest BCUT2D eigenvalue weighted by Gasteiger charge is -2.44. The molecule has 2 N–H and O–H groups in total. The van der Waals surface area contributed by atoms with Crippen molar-refractivity contribution in [3.05, 3.63) is 35.1 Å². The van der Waals surface area contributed by atoms with Crippen molar-refractivity contribution in [1.82, 2.24) is 14.9 Å². The predicted octanol–water partition coefficient (Wildman–Crippen LogP) is 2.97. The molecule has 0 unspecified atom stereocenters. The van der Waals surface area contributed by atoms with Gasteiger partial charge in [-0.15, -0.1) is 11.3 Å². The van der Waals surface area contributed by atoms with E-state index in [4.69, 9.17) is 10.5 Å². The number of piperidine rings is 1. The number of hydrogen-bond donors (Lipinski definition) is 1. The Balaban J connectivity index is 1.51. The lowest BCUT2D eigenvalue weighted by molar-refractivity contribution is -0.142. The molecule has 2 aliphatic rings. The van der Waals surface area contributed by atoms with Crippen molar-refractivity contribution in [3.8, 4) is 10.6 Å². The molecule has 1 saturated heterocycles. The summed E-state index contributed by atoms with van der Waals surface area (Å²) in [5.74, 6) is 0.495. The van der Waals surface area contributed by atoms with Crippen molar-refractivity contribution < 1.29 is 9.53 Å². The molecule has 2 aliphatic heterocycles. The van der Waals surface area contributed by atoms with E-state index in [9.17, 15) is 4.79 Å². The van der Waals surface area contributed by atoms with Crippen LogP contribution in [0.2, 0.25) is 0 Å². The first-order valence-electron chi connectivity index (χ1n) is 10.1. The van der Waals surface area contributed by atoms with Gasteiger partial charge in [-0.1, -0.05) is 13.8 Å². The van der Waals surface area contributed by atoms with Gasteiger partial charge in [0.05, 0.1) is 35.0 Å². The predicted molar refractivity (Wildman–Crippen MR) is 110 cm³/mol. The first-order valence-corrected chi connectivity index (χ1v) is 10.9. The third-order valence-electron chi connectivity index (χ3n) is 5.75. The quantitative estimate of drug-likeness (QED) is 0.853. The number of hydrogen-bond acceptors (Lipinski definition) is 6. The van der Waals surface area contributed by atoms with Gasteiger partial charge in [-0.2, -0.15) is 0 Å². The van der Waals surface area contributed by atoms with E-state index in [1.165, 1.54) is 10.4 Å². The van der Waals surface area contributed by atoms with Gasteiger partial charge in [-0.3, -0.25) is 14.8 Å². The Morgan fingerprint density at radius 3 is 2.82 bits per heavy atom. The van der Waals surface area contributed by atoms with Gasteiger partial charge in [0.2, 0.25) is 5.91 Å². The van der Waals surface area contributed by atoms with Crippen molar-refractivity contribution in [2.75, 3.05) is 19.7 Å². The minimum Gasteiger partial charge on any atom is -0.370 e. The van der Waals surface area contributed by atoms with Gasteiger partial charge < -0.3 is 15.4 Å². The molecular weight excluding hydrogens is 372 g/mol. The van der Waals surface area contributed by atoms with Gasteiger partial charge in [-0.05, 0) is 36.8 Å². The second-order valence-corrected chi connectivity index (χ2v) is 9.33. The van der Waals surface area contributed by atoms with Crippen molar-refractivity contribution in [2.24, 2.45) is 11.7 Å². The van der Waals surface area contributed by atoms with Crippen molar-refractivity contribution in [2.45, 2.75) is 51.2 Å². The van der Waals surface area contributed by atoms with Crippen LogP contribution < -0.4 is 5.73 Å². The topological polar surface area (TPSA) is 81.3 Å². The minimum absolute atomic E-state index is 0.0742. The molecular formula is C21H28N4O2S. The number of nitrogens with two attached hydrogens (primary N) is 1. The number of ether oxygens (including phenoxy) is 1. The fourth-order valence-electron chi connectivity index (χ4n) is 4.31. The second kappa shape index (κ2) is 7.89. The number of aromatic nitrogens is 2. The van der Waals surface area contributed by atoms with E-state index in [2.05, 4.69) is 29.9 Å². The van der Waals surface area contributed by atoms with E-state index in [0.29, 0.717) is 19.0 Å². The number of rotatable bonds is 4. The molecule has 6 nitrogen and oxygen atoms in total. The van der Waals surface area contributed by atoms with E-state index >= 15 is 0 Å². The molecule has 0 aliphatic carbocycles. The molecule has 1 amide bonds. The third-order valence-corrected chi connectivity index (χ3v) is 6.97. The monoisotopic (exact) mass is 400 g/mol. The zero-order valence-electron chi connectivity index (χ0n) is 16.6. The van der Waals surface area contributed by atoms with Gasteiger partial charge in [0.1, 0.15) is 0 Å². The van der Waals surface area contributed by atoms with Crippen LogP contribution in [-0.4, -0.2) is 46.5 Å². The van der Waals surface area contributed by atoms with E-state index < -0.39 is 6.04 Å². The average Bonchev–Trinajstić information content (AvgIpc) is 3.14. The lowest BCUT2D eigenvalue weighted by atomic mass is 9.82. The number of likely N-dealkylation sites (tertiary alicyclic amines) is 1. The maximum absolute atomic E-state index is 12.7. The molecule has 4 rings (SSSR count). The highest BCUT2D eigenvalue weighted by Gasteiger charge is 2.43. The molecule has 2 aromatic rings. The van der Waals surface area contributed by atoms with Gasteiger partial charge in [-0.25, -0.2) is 0 Å². The summed E-state index contributed by atoms with van der Waals surface area (Å²) in [4.78, 5) is 25.8. The first kappa shape index (κ1) is 19.5. The van der Waals surface area contributed by atoms with Crippen molar-refractivity contribution in [1.29, 1.82) is 0 Å². The van der Waals surface area contributed by atoms with Crippen LogP contribution in [0.3, 0.4) is 0 Å². The molecule has 2 aromatic heterocycles. The number of carbonyl (C=O) groups excluding carboxylic acids is 1. The van der Waals surface area contributed by atoms with Crippen LogP contribution in [0.5, 0.6) is 0 Å². The fourth-order valence-corrected chi connectivity index (χ4v) is 5.51. The van der Waals surface area contributed by atoms with E-state index in [-0.39, 0.29) is 11.5 Å². The maximum Gasteiger partial charge on any atom is 0.239 e. The summed E-state index contributed by atoms with van der Waals surface area (Å²) in [5, 5.41) is 0. The highest BCUT2D eigenvalue weighted by atomic mass is 32.1. The van der Waals surface area contributed by atoms with Crippen LogP contribution in [-0.2, 0) is 21.6 Å². The Hall–Kier alpha value is -1.83. The summed E-state index contributed by atoms with van der Waals surface area (Å²) in [6, 6.07) is 1.83. The number of carbonyl (C=O) groups is 1. The first-order chi connectivity index (χ1) is 13.5. The van der Waals surface area contributed by atoms with Crippen molar-refractivity contribution in [3.63, 3.8) is 0 Å². The molecule has 150 valence electrons. The van der Waals surface area contributed by atoms with Gasteiger partial charge in [0.25, 0.3) is 0 Å². The minimum atomic E-state index is -0.402. The fraction of sp³-hybridized carbons (Fsp3) is 0.571. The van der Waals surface area contributed by atoms with Gasteiger partial charge in [0.15, 0.2) is 0 Å². The van der Waals surface area contributed by atoms with Crippen LogP contribution >= 0.6 is 11.3 Å². The summed E-state index contributed by atoms with van der Waals surface area (Å²) in [6.45, 7) is 6.32. The molecule has 1 atom stereocenters. The average molecular weight is 401 g/mol. The zero-order valence-corrected chi connectivity index (χ0v) is 17.4. The summed E-state index contributed by atoms with van der Waals surface area (Å²) < 4.78 is 6.34. The Morgan fingerprint density at radius 1 is 1.36 bits per heavy atom. The maximum atomic E-state index is 12.7. The molecule has 4 heterocycles. The molecule has 0 saturated carbocycles. The van der Waals surface area contributed by atoms with Crippen LogP contribution in [0.4, 0.5) is 0 Å². The molecule has 28 heavy (non-hydrogen) atoms. The Kier molecular flexibility index (Phi) is 5.49. The van der Waals surface area contributed by atoms with E-state index in [1.54, 1.807) is 23.7 Å². The highest BCUT2D eigenvalue weighted by Crippen LogP contribution is 2.46. The molecule has 0 radical (unpaired) electrons. The van der Waals surface area contributed by atoms with Crippen LogP contribution in [0.25, 0.3) is 10.6 Å². The van der Waals surface area contributed by atoms with E-state index in [1.807, 2.05) is 11.1 Å². The number of fused-ring (bicyclic) bond motifs is 2. The summed E-state index contributed by atoms with van der Waals surface area (Å²) in [6.07, 6.45) is 8.52. The van der Waals surface area contributed by atoms with E-state index in [0.717, 1.165) is 42.9 Å². The lowest BCUT2D eigenvalue weighted by Crippen LogP contribution is -2.52. The number of thiophene rings is 1. The Morgan fingerprint density at radius 2 is 2.14 bits per heavy atom. The Bertz CT molecular complexity index is 828. The SMILES string of the molecule is CC(C)C[C@H](N)C(=O)N1CCC2(CC1)OCCc1sc(-c3cnccn3)cc12. The third kappa shape index (κ3) is 3.71. The number of amides is 1. The van der Waals surface area contributed by atoms with Crippen LogP contribution in [0.1, 0.15) is 43.6 Å². The van der Waals surface area contributed by atoms with Crippen molar-refractivity contribution >= 4 is 17.2 Å². The van der Waals surface area contributed by atoms with Crippen LogP contribution in [0.15, 0.2) is 24.7 Å².